The average molecular weight is 328 g/mol. The summed E-state index contributed by atoms with van der Waals surface area (Å²) < 4.78 is 0. The van der Waals surface area contributed by atoms with Gasteiger partial charge < -0.3 is 5.32 Å². The number of halogens is 2. The minimum atomic E-state index is 0.659. The maximum Gasteiger partial charge on any atom is 0.133 e. The molecule has 2 aromatic rings. The molecule has 0 saturated carbocycles. The fourth-order valence-electron chi connectivity index (χ4n) is 1.70. The van der Waals surface area contributed by atoms with E-state index in [4.69, 9.17) is 23.2 Å². The summed E-state index contributed by atoms with van der Waals surface area (Å²) in [5.41, 5.74) is 1.01. The highest BCUT2D eigenvalue weighted by molar-refractivity contribution is 7.99. The highest BCUT2D eigenvalue weighted by atomic mass is 35.5. The quantitative estimate of drug-likeness (QED) is 0.803. The van der Waals surface area contributed by atoms with Crippen LogP contribution in [-0.4, -0.2) is 16.5 Å². The SMILES string of the molecule is CCNc1nc(C)nc(Sc2cc(Cl)ccc2Cl)c1C. The van der Waals surface area contributed by atoms with Crippen molar-refractivity contribution in [2.45, 2.75) is 30.7 Å². The third-order valence-corrected chi connectivity index (χ3v) is 4.48. The van der Waals surface area contributed by atoms with Gasteiger partial charge in [-0.2, -0.15) is 0 Å². The van der Waals surface area contributed by atoms with Crippen molar-refractivity contribution in [1.29, 1.82) is 0 Å². The van der Waals surface area contributed by atoms with Crippen molar-refractivity contribution in [2.75, 3.05) is 11.9 Å². The lowest BCUT2D eigenvalue weighted by Gasteiger charge is -2.12. The van der Waals surface area contributed by atoms with Crippen LogP contribution in [0.4, 0.5) is 5.82 Å². The highest BCUT2D eigenvalue weighted by Gasteiger charge is 2.12. The Bertz CT molecular complexity index is 632. The van der Waals surface area contributed by atoms with Crippen LogP contribution in [0.3, 0.4) is 0 Å². The van der Waals surface area contributed by atoms with Gasteiger partial charge in [0.05, 0.1) is 5.02 Å². The standard InChI is InChI=1S/C14H15Cl2N3S/c1-4-17-13-8(2)14(19-9(3)18-13)20-12-7-10(15)5-6-11(12)16/h5-7H,4H2,1-3H3,(H,17,18,19). The summed E-state index contributed by atoms with van der Waals surface area (Å²) in [5, 5.41) is 5.46. The highest BCUT2D eigenvalue weighted by Crippen LogP contribution is 2.36. The minimum Gasteiger partial charge on any atom is -0.370 e. The molecule has 1 aromatic heterocycles. The fraction of sp³-hybridized carbons (Fsp3) is 0.286. The molecule has 0 fully saturated rings. The molecule has 0 aliphatic heterocycles. The van der Waals surface area contributed by atoms with Gasteiger partial charge in [0.1, 0.15) is 16.7 Å². The summed E-state index contributed by atoms with van der Waals surface area (Å²) in [4.78, 5) is 9.79. The smallest absolute Gasteiger partial charge is 0.133 e. The van der Waals surface area contributed by atoms with E-state index in [-0.39, 0.29) is 0 Å². The Balaban J connectivity index is 2.40. The predicted molar refractivity (Wildman–Crippen MR) is 86.3 cm³/mol. The number of nitrogens with one attached hydrogen (secondary N) is 1. The van der Waals surface area contributed by atoms with Crippen LogP contribution in [0.2, 0.25) is 10.0 Å². The van der Waals surface area contributed by atoms with Crippen molar-refractivity contribution in [3.05, 3.63) is 39.6 Å². The van der Waals surface area contributed by atoms with Crippen molar-refractivity contribution in [1.82, 2.24) is 9.97 Å². The molecule has 106 valence electrons. The summed E-state index contributed by atoms with van der Waals surface area (Å²) in [6.45, 7) is 6.74. The average Bonchev–Trinajstić information content (AvgIpc) is 2.39. The van der Waals surface area contributed by atoms with Crippen LogP contribution in [0.1, 0.15) is 18.3 Å². The number of rotatable bonds is 4. The van der Waals surface area contributed by atoms with Crippen molar-refractivity contribution in [2.24, 2.45) is 0 Å². The monoisotopic (exact) mass is 327 g/mol. The van der Waals surface area contributed by atoms with Gasteiger partial charge in [-0.05, 0) is 39.0 Å². The van der Waals surface area contributed by atoms with Gasteiger partial charge in [0.25, 0.3) is 0 Å². The molecule has 1 heterocycles. The van der Waals surface area contributed by atoms with E-state index >= 15 is 0 Å². The van der Waals surface area contributed by atoms with Gasteiger partial charge in [0.2, 0.25) is 0 Å². The second-order valence-corrected chi connectivity index (χ2v) is 6.13. The summed E-state index contributed by atoms with van der Waals surface area (Å²) in [6.07, 6.45) is 0. The zero-order valence-corrected chi connectivity index (χ0v) is 13.8. The first kappa shape index (κ1) is 15.4. The molecule has 6 heteroatoms. The van der Waals surface area contributed by atoms with Crippen molar-refractivity contribution in [3.8, 4) is 0 Å². The normalized spacial score (nSPS) is 10.7. The van der Waals surface area contributed by atoms with Gasteiger partial charge in [0, 0.05) is 22.0 Å². The minimum absolute atomic E-state index is 0.659. The van der Waals surface area contributed by atoms with E-state index in [1.54, 1.807) is 12.1 Å². The Hall–Kier alpha value is -0.970. The fourth-order valence-corrected chi connectivity index (χ4v) is 3.16. The van der Waals surface area contributed by atoms with Gasteiger partial charge in [-0.1, -0.05) is 35.0 Å². The molecule has 20 heavy (non-hydrogen) atoms. The number of benzene rings is 1. The number of hydrogen-bond acceptors (Lipinski definition) is 4. The van der Waals surface area contributed by atoms with E-state index in [9.17, 15) is 0 Å². The van der Waals surface area contributed by atoms with Gasteiger partial charge >= 0.3 is 0 Å². The predicted octanol–water partition coefficient (Wildman–Crippen LogP) is 4.98. The number of anilines is 1. The van der Waals surface area contributed by atoms with E-state index in [0.29, 0.717) is 10.0 Å². The molecule has 0 spiro atoms. The molecule has 0 unspecified atom stereocenters. The second-order valence-electron chi connectivity index (χ2n) is 4.26. The summed E-state index contributed by atoms with van der Waals surface area (Å²) in [7, 11) is 0. The van der Waals surface area contributed by atoms with Crippen LogP contribution in [0.25, 0.3) is 0 Å². The van der Waals surface area contributed by atoms with Crippen molar-refractivity contribution in [3.63, 3.8) is 0 Å². The van der Waals surface area contributed by atoms with E-state index in [1.165, 1.54) is 11.8 Å². The first-order valence-corrected chi connectivity index (χ1v) is 7.80. The van der Waals surface area contributed by atoms with Crippen LogP contribution in [0, 0.1) is 13.8 Å². The Morgan fingerprint density at radius 2 is 1.95 bits per heavy atom. The van der Waals surface area contributed by atoms with Crippen LogP contribution < -0.4 is 5.32 Å². The molecule has 0 aliphatic carbocycles. The van der Waals surface area contributed by atoms with E-state index < -0.39 is 0 Å². The maximum atomic E-state index is 6.20. The molecule has 1 N–H and O–H groups in total. The third-order valence-electron chi connectivity index (χ3n) is 2.66. The Labute approximate surface area is 133 Å². The Morgan fingerprint density at radius 1 is 1.20 bits per heavy atom. The third kappa shape index (κ3) is 3.57. The molecule has 0 atom stereocenters. The lowest BCUT2D eigenvalue weighted by molar-refractivity contribution is 0.932. The van der Waals surface area contributed by atoms with Gasteiger partial charge in [-0.3, -0.25) is 0 Å². The largest absolute Gasteiger partial charge is 0.370 e. The van der Waals surface area contributed by atoms with Gasteiger partial charge in [0.15, 0.2) is 0 Å². The zero-order valence-electron chi connectivity index (χ0n) is 11.5. The molecule has 3 nitrogen and oxygen atoms in total. The van der Waals surface area contributed by atoms with Crippen LogP contribution in [0.5, 0.6) is 0 Å². The topological polar surface area (TPSA) is 37.8 Å². The molecule has 2 rings (SSSR count). The zero-order chi connectivity index (χ0) is 14.7. The summed E-state index contributed by atoms with van der Waals surface area (Å²) in [6, 6.07) is 5.41. The van der Waals surface area contributed by atoms with E-state index in [0.717, 1.165) is 33.7 Å². The van der Waals surface area contributed by atoms with Crippen LogP contribution >= 0.6 is 35.0 Å². The van der Waals surface area contributed by atoms with E-state index in [2.05, 4.69) is 15.3 Å². The van der Waals surface area contributed by atoms with Crippen LogP contribution in [-0.2, 0) is 0 Å². The van der Waals surface area contributed by atoms with Gasteiger partial charge in [-0.25, -0.2) is 9.97 Å². The molecule has 0 radical (unpaired) electrons. The molecular weight excluding hydrogens is 313 g/mol. The lowest BCUT2D eigenvalue weighted by Crippen LogP contribution is -2.05. The first-order chi connectivity index (χ1) is 9.51. The number of hydrogen-bond donors (Lipinski definition) is 1. The molecule has 0 aliphatic rings. The molecule has 1 aromatic carbocycles. The molecule has 0 amide bonds. The second kappa shape index (κ2) is 6.66. The van der Waals surface area contributed by atoms with Crippen molar-refractivity contribution >= 4 is 40.8 Å². The first-order valence-electron chi connectivity index (χ1n) is 6.23. The Morgan fingerprint density at radius 3 is 2.65 bits per heavy atom. The number of aryl methyl sites for hydroxylation is 1. The molecule has 0 bridgehead atoms. The van der Waals surface area contributed by atoms with Gasteiger partial charge in [-0.15, -0.1) is 0 Å². The molecular formula is C14H15Cl2N3S. The number of nitrogens with zero attached hydrogens (tertiary/aromatic N) is 2. The van der Waals surface area contributed by atoms with E-state index in [1.807, 2.05) is 26.8 Å². The maximum absolute atomic E-state index is 6.20. The van der Waals surface area contributed by atoms with Crippen LogP contribution in [0.15, 0.2) is 28.1 Å². The number of aromatic nitrogens is 2. The summed E-state index contributed by atoms with van der Waals surface area (Å²) in [5.74, 6) is 1.59. The lowest BCUT2D eigenvalue weighted by atomic mass is 10.3. The summed E-state index contributed by atoms with van der Waals surface area (Å²) >= 11 is 13.7. The molecule has 0 saturated heterocycles. The Kier molecular flexibility index (Phi) is 5.13. The van der Waals surface area contributed by atoms with Crippen molar-refractivity contribution < 1.29 is 0 Å².